The van der Waals surface area contributed by atoms with E-state index in [4.69, 9.17) is 0 Å². The molecule has 1 N–H and O–H groups in total. The molecule has 2 rings (SSSR count). The Morgan fingerprint density at radius 1 is 1.18 bits per heavy atom. The summed E-state index contributed by atoms with van der Waals surface area (Å²) in [5.41, 5.74) is 2.27. The van der Waals surface area contributed by atoms with Crippen LogP contribution in [-0.4, -0.2) is 11.0 Å². The van der Waals surface area contributed by atoms with E-state index in [1.807, 2.05) is 13.0 Å². The quantitative estimate of drug-likeness (QED) is 0.865. The van der Waals surface area contributed by atoms with Crippen molar-refractivity contribution in [2.75, 3.05) is 0 Å². The van der Waals surface area contributed by atoms with Crippen LogP contribution >= 0.6 is 0 Å². The smallest absolute Gasteiger partial charge is 0.0544 e. The highest BCUT2D eigenvalue weighted by atomic mass is 14.9. The molecule has 0 amide bonds. The summed E-state index contributed by atoms with van der Waals surface area (Å²) in [5.74, 6) is 1.73. The van der Waals surface area contributed by atoms with Crippen molar-refractivity contribution in [1.82, 2.24) is 10.3 Å². The van der Waals surface area contributed by atoms with Gasteiger partial charge in [0.1, 0.15) is 0 Å². The summed E-state index contributed by atoms with van der Waals surface area (Å²) in [7, 11) is 0. The minimum atomic E-state index is 0.677. The Balaban J connectivity index is 1.85. The first-order chi connectivity index (χ1) is 8.13. The summed E-state index contributed by atoms with van der Waals surface area (Å²) >= 11 is 0. The molecule has 94 valence electrons. The molecule has 2 unspecified atom stereocenters. The molecule has 17 heavy (non-hydrogen) atoms. The van der Waals surface area contributed by atoms with Gasteiger partial charge in [-0.2, -0.15) is 0 Å². The minimum Gasteiger partial charge on any atom is -0.308 e. The van der Waals surface area contributed by atoms with Crippen molar-refractivity contribution in [1.29, 1.82) is 0 Å². The average molecular weight is 232 g/mol. The fourth-order valence-electron chi connectivity index (χ4n) is 3.06. The van der Waals surface area contributed by atoms with E-state index < -0.39 is 0 Å². The number of aryl methyl sites for hydroxylation is 1. The van der Waals surface area contributed by atoms with Gasteiger partial charge in [-0.3, -0.25) is 4.98 Å². The largest absolute Gasteiger partial charge is 0.308 e. The van der Waals surface area contributed by atoms with Gasteiger partial charge < -0.3 is 5.32 Å². The number of pyridine rings is 1. The SMILES string of the molecule is Cc1cccc(CNC2CC(C)CC(C)C2)n1. The van der Waals surface area contributed by atoms with Crippen LogP contribution in [-0.2, 0) is 6.54 Å². The number of rotatable bonds is 3. The van der Waals surface area contributed by atoms with Crippen LogP contribution < -0.4 is 5.32 Å². The average Bonchev–Trinajstić information content (AvgIpc) is 2.25. The zero-order valence-corrected chi connectivity index (χ0v) is 11.2. The highest BCUT2D eigenvalue weighted by Gasteiger charge is 2.23. The van der Waals surface area contributed by atoms with Gasteiger partial charge in [0, 0.05) is 18.3 Å². The van der Waals surface area contributed by atoms with Crippen molar-refractivity contribution in [3.8, 4) is 0 Å². The highest BCUT2D eigenvalue weighted by molar-refractivity contribution is 5.09. The molecule has 1 aliphatic carbocycles. The topological polar surface area (TPSA) is 24.9 Å². The third-order valence-electron chi connectivity index (χ3n) is 3.70. The predicted molar refractivity (Wildman–Crippen MR) is 71.8 cm³/mol. The Bertz CT molecular complexity index is 352. The van der Waals surface area contributed by atoms with Gasteiger partial charge >= 0.3 is 0 Å². The van der Waals surface area contributed by atoms with Crippen molar-refractivity contribution in [2.45, 2.75) is 52.6 Å². The summed E-state index contributed by atoms with van der Waals surface area (Å²) in [5, 5.41) is 3.66. The van der Waals surface area contributed by atoms with E-state index in [1.165, 1.54) is 19.3 Å². The van der Waals surface area contributed by atoms with Gasteiger partial charge in [-0.05, 0) is 50.2 Å². The lowest BCUT2D eigenvalue weighted by atomic mass is 9.80. The third-order valence-corrected chi connectivity index (χ3v) is 3.70. The lowest BCUT2D eigenvalue weighted by molar-refractivity contribution is 0.237. The Kier molecular flexibility index (Phi) is 4.16. The van der Waals surface area contributed by atoms with Crippen molar-refractivity contribution < 1.29 is 0 Å². The second-order valence-electron chi connectivity index (χ2n) is 5.77. The molecule has 1 saturated carbocycles. The minimum absolute atomic E-state index is 0.677. The first kappa shape index (κ1) is 12.6. The van der Waals surface area contributed by atoms with Crippen LogP contribution in [0.4, 0.5) is 0 Å². The van der Waals surface area contributed by atoms with E-state index in [0.29, 0.717) is 6.04 Å². The van der Waals surface area contributed by atoms with E-state index in [2.05, 4.69) is 36.3 Å². The van der Waals surface area contributed by atoms with E-state index in [0.717, 1.165) is 29.8 Å². The summed E-state index contributed by atoms with van der Waals surface area (Å²) in [6.07, 6.45) is 4.02. The number of nitrogens with zero attached hydrogens (tertiary/aromatic N) is 1. The molecule has 0 aliphatic heterocycles. The summed E-state index contributed by atoms with van der Waals surface area (Å²) in [6, 6.07) is 6.92. The maximum absolute atomic E-state index is 4.53. The molecule has 2 heteroatoms. The molecule has 1 fully saturated rings. The number of aromatic nitrogens is 1. The molecule has 0 spiro atoms. The van der Waals surface area contributed by atoms with Crippen LogP contribution in [0.3, 0.4) is 0 Å². The molecule has 0 saturated heterocycles. The lowest BCUT2D eigenvalue weighted by Crippen LogP contribution is -2.36. The summed E-state index contributed by atoms with van der Waals surface area (Å²) in [6.45, 7) is 7.70. The molecular weight excluding hydrogens is 208 g/mol. The Morgan fingerprint density at radius 2 is 1.88 bits per heavy atom. The van der Waals surface area contributed by atoms with Crippen LogP contribution in [0.1, 0.15) is 44.5 Å². The van der Waals surface area contributed by atoms with Crippen molar-refractivity contribution in [2.24, 2.45) is 11.8 Å². The first-order valence-electron chi connectivity index (χ1n) is 6.79. The molecular formula is C15H24N2. The van der Waals surface area contributed by atoms with Gasteiger partial charge in [-0.15, -0.1) is 0 Å². The number of hydrogen-bond acceptors (Lipinski definition) is 2. The fraction of sp³-hybridized carbons (Fsp3) is 0.667. The zero-order chi connectivity index (χ0) is 12.3. The van der Waals surface area contributed by atoms with Crippen molar-refractivity contribution >= 4 is 0 Å². The lowest BCUT2D eigenvalue weighted by Gasteiger charge is -2.32. The van der Waals surface area contributed by atoms with Crippen molar-refractivity contribution in [3.63, 3.8) is 0 Å². The van der Waals surface area contributed by atoms with E-state index in [1.54, 1.807) is 0 Å². The molecule has 1 aliphatic rings. The van der Waals surface area contributed by atoms with Crippen LogP contribution in [0.5, 0.6) is 0 Å². The molecule has 0 aromatic carbocycles. The van der Waals surface area contributed by atoms with Gasteiger partial charge in [0.2, 0.25) is 0 Å². The van der Waals surface area contributed by atoms with Gasteiger partial charge in [-0.25, -0.2) is 0 Å². The zero-order valence-electron chi connectivity index (χ0n) is 11.2. The molecule has 1 heterocycles. The normalized spacial score (nSPS) is 29.2. The van der Waals surface area contributed by atoms with Crippen LogP contribution in [0.25, 0.3) is 0 Å². The fourth-order valence-corrected chi connectivity index (χ4v) is 3.06. The summed E-state index contributed by atoms with van der Waals surface area (Å²) in [4.78, 5) is 4.53. The standard InChI is InChI=1S/C15H24N2/c1-11-7-12(2)9-15(8-11)16-10-14-6-4-5-13(3)17-14/h4-6,11-12,15-16H,7-10H2,1-3H3. The predicted octanol–water partition coefficient (Wildman–Crippen LogP) is 3.30. The monoisotopic (exact) mass is 232 g/mol. The van der Waals surface area contributed by atoms with E-state index in [9.17, 15) is 0 Å². The van der Waals surface area contributed by atoms with Gasteiger partial charge in [-0.1, -0.05) is 19.9 Å². The molecule has 1 aromatic rings. The Morgan fingerprint density at radius 3 is 2.53 bits per heavy atom. The van der Waals surface area contributed by atoms with Crippen LogP contribution in [0, 0.1) is 18.8 Å². The molecule has 1 aromatic heterocycles. The van der Waals surface area contributed by atoms with Gasteiger partial charge in [0.05, 0.1) is 5.69 Å². The van der Waals surface area contributed by atoms with E-state index in [-0.39, 0.29) is 0 Å². The summed E-state index contributed by atoms with van der Waals surface area (Å²) < 4.78 is 0. The number of hydrogen-bond donors (Lipinski definition) is 1. The van der Waals surface area contributed by atoms with Gasteiger partial charge in [0.15, 0.2) is 0 Å². The first-order valence-corrected chi connectivity index (χ1v) is 6.79. The molecule has 2 nitrogen and oxygen atoms in total. The Hall–Kier alpha value is -0.890. The van der Waals surface area contributed by atoms with Gasteiger partial charge in [0.25, 0.3) is 0 Å². The molecule has 0 radical (unpaired) electrons. The highest BCUT2D eigenvalue weighted by Crippen LogP contribution is 2.28. The Labute approximate surface area is 105 Å². The molecule has 0 bridgehead atoms. The molecule has 2 atom stereocenters. The van der Waals surface area contributed by atoms with E-state index >= 15 is 0 Å². The number of nitrogens with one attached hydrogen (secondary N) is 1. The second-order valence-corrected chi connectivity index (χ2v) is 5.77. The second kappa shape index (κ2) is 5.63. The third kappa shape index (κ3) is 3.81. The van der Waals surface area contributed by atoms with Crippen LogP contribution in [0.2, 0.25) is 0 Å². The van der Waals surface area contributed by atoms with Crippen LogP contribution in [0.15, 0.2) is 18.2 Å². The maximum Gasteiger partial charge on any atom is 0.0544 e. The van der Waals surface area contributed by atoms with Crippen molar-refractivity contribution in [3.05, 3.63) is 29.6 Å². The maximum atomic E-state index is 4.53.